The summed E-state index contributed by atoms with van der Waals surface area (Å²) in [5.74, 6) is 2.08. The first-order chi connectivity index (χ1) is 8.29. The first-order valence-electron chi connectivity index (χ1n) is 5.64. The van der Waals surface area contributed by atoms with Gasteiger partial charge < -0.3 is 10.1 Å². The summed E-state index contributed by atoms with van der Waals surface area (Å²) in [4.78, 5) is 15.4. The smallest absolute Gasteiger partial charge is 0.339 e. The Hall–Kier alpha value is -1.07. The van der Waals surface area contributed by atoms with E-state index in [0.29, 0.717) is 11.6 Å². The molecule has 0 saturated carbocycles. The van der Waals surface area contributed by atoms with Crippen molar-refractivity contribution in [2.24, 2.45) is 0 Å². The molecule has 1 saturated heterocycles. The van der Waals surface area contributed by atoms with Crippen molar-refractivity contribution >= 4 is 17.7 Å². The third-order valence-electron chi connectivity index (χ3n) is 2.75. The highest BCUT2D eigenvalue weighted by Gasteiger charge is 2.14. The average Bonchev–Trinajstić information content (AvgIpc) is 2.89. The molecule has 0 radical (unpaired) electrons. The minimum Gasteiger partial charge on any atom is -0.465 e. The van der Waals surface area contributed by atoms with E-state index in [1.54, 1.807) is 12.3 Å². The topological polar surface area (TPSA) is 51.2 Å². The van der Waals surface area contributed by atoms with Gasteiger partial charge in [-0.3, -0.25) is 4.98 Å². The van der Waals surface area contributed by atoms with Gasteiger partial charge in [-0.1, -0.05) is 0 Å². The monoisotopic (exact) mass is 252 g/mol. The maximum atomic E-state index is 11.2. The summed E-state index contributed by atoms with van der Waals surface area (Å²) in [6.07, 6.45) is 2.79. The maximum Gasteiger partial charge on any atom is 0.339 e. The Morgan fingerprint density at radius 2 is 2.53 bits per heavy atom. The van der Waals surface area contributed by atoms with Crippen LogP contribution in [0.25, 0.3) is 0 Å². The van der Waals surface area contributed by atoms with E-state index in [0.717, 1.165) is 12.2 Å². The third-order valence-corrected chi connectivity index (χ3v) is 3.91. The van der Waals surface area contributed by atoms with Gasteiger partial charge in [0.25, 0.3) is 0 Å². The van der Waals surface area contributed by atoms with E-state index in [4.69, 9.17) is 0 Å². The number of rotatable bonds is 4. The first kappa shape index (κ1) is 12.4. The molecule has 0 aromatic carbocycles. The zero-order valence-electron chi connectivity index (χ0n) is 9.81. The van der Waals surface area contributed by atoms with Crippen LogP contribution >= 0.6 is 11.8 Å². The van der Waals surface area contributed by atoms with Crippen LogP contribution in [0.5, 0.6) is 0 Å². The predicted molar refractivity (Wildman–Crippen MR) is 68.1 cm³/mol. The number of carbonyl (C=O) groups is 1. The molecule has 2 heterocycles. The Balaban J connectivity index is 1.87. The number of aromatic nitrogens is 1. The van der Waals surface area contributed by atoms with E-state index in [-0.39, 0.29) is 5.97 Å². The summed E-state index contributed by atoms with van der Waals surface area (Å²) in [7, 11) is 1.37. The number of hydrogen-bond acceptors (Lipinski definition) is 5. The fraction of sp³-hybridized carbons (Fsp3) is 0.500. The van der Waals surface area contributed by atoms with Gasteiger partial charge in [0.1, 0.15) is 0 Å². The van der Waals surface area contributed by atoms with Crippen molar-refractivity contribution in [2.45, 2.75) is 19.0 Å². The van der Waals surface area contributed by atoms with Crippen LogP contribution in [0.15, 0.2) is 18.3 Å². The Morgan fingerprint density at radius 3 is 3.12 bits per heavy atom. The lowest BCUT2D eigenvalue weighted by atomic mass is 10.2. The normalized spacial score (nSPS) is 19.2. The molecule has 5 heteroatoms. The standard InChI is InChI=1S/C12H16N2O2S/c1-16-12(15)9-2-3-10(13-6-9)7-14-11-4-5-17-8-11/h2-3,6,11,14H,4-5,7-8H2,1H3. The summed E-state index contributed by atoms with van der Waals surface area (Å²) in [6.45, 7) is 0.757. The zero-order chi connectivity index (χ0) is 12.1. The van der Waals surface area contributed by atoms with Crippen molar-refractivity contribution in [3.8, 4) is 0 Å². The fourth-order valence-electron chi connectivity index (χ4n) is 1.71. The number of methoxy groups -OCH3 is 1. The van der Waals surface area contributed by atoms with Crippen LogP contribution in [-0.4, -0.2) is 35.6 Å². The highest BCUT2D eigenvalue weighted by molar-refractivity contribution is 7.99. The summed E-state index contributed by atoms with van der Waals surface area (Å²) >= 11 is 1.98. The molecule has 1 aliphatic rings. The molecule has 4 nitrogen and oxygen atoms in total. The minimum atomic E-state index is -0.343. The van der Waals surface area contributed by atoms with Crippen molar-refractivity contribution in [1.82, 2.24) is 10.3 Å². The highest BCUT2D eigenvalue weighted by Crippen LogP contribution is 2.17. The van der Waals surface area contributed by atoms with Gasteiger partial charge in [0.2, 0.25) is 0 Å². The quantitative estimate of drug-likeness (QED) is 0.822. The zero-order valence-corrected chi connectivity index (χ0v) is 10.6. The lowest BCUT2D eigenvalue weighted by Crippen LogP contribution is -2.28. The first-order valence-corrected chi connectivity index (χ1v) is 6.79. The van der Waals surface area contributed by atoms with Gasteiger partial charge in [-0.15, -0.1) is 0 Å². The summed E-state index contributed by atoms with van der Waals surface area (Å²) in [5, 5.41) is 3.46. The number of ether oxygens (including phenoxy) is 1. The molecule has 0 amide bonds. The second-order valence-corrected chi connectivity index (χ2v) is 5.12. The number of pyridine rings is 1. The molecular formula is C12H16N2O2S. The largest absolute Gasteiger partial charge is 0.465 e. The number of nitrogens with zero attached hydrogens (tertiary/aromatic N) is 1. The molecule has 1 atom stereocenters. The van der Waals surface area contributed by atoms with Gasteiger partial charge in [0, 0.05) is 24.5 Å². The Bertz CT molecular complexity index is 375. The highest BCUT2D eigenvalue weighted by atomic mass is 32.2. The minimum absolute atomic E-state index is 0.343. The van der Waals surface area contributed by atoms with Gasteiger partial charge in [-0.05, 0) is 24.3 Å². The van der Waals surface area contributed by atoms with Crippen molar-refractivity contribution in [3.63, 3.8) is 0 Å². The van der Waals surface area contributed by atoms with Gasteiger partial charge in [0.05, 0.1) is 18.4 Å². The molecule has 1 aromatic heterocycles. The fourth-order valence-corrected chi connectivity index (χ4v) is 2.90. The van der Waals surface area contributed by atoms with Crippen molar-refractivity contribution < 1.29 is 9.53 Å². The van der Waals surface area contributed by atoms with Gasteiger partial charge >= 0.3 is 5.97 Å². The van der Waals surface area contributed by atoms with E-state index in [1.807, 2.05) is 17.8 Å². The van der Waals surface area contributed by atoms with Gasteiger partial charge in [0.15, 0.2) is 0 Å². The van der Waals surface area contributed by atoms with Crippen LogP contribution < -0.4 is 5.32 Å². The SMILES string of the molecule is COC(=O)c1ccc(CNC2CCSC2)nc1. The number of thioether (sulfide) groups is 1. The van der Waals surface area contributed by atoms with Crippen LogP contribution in [0.1, 0.15) is 22.5 Å². The van der Waals surface area contributed by atoms with Crippen LogP contribution in [0, 0.1) is 0 Å². The molecule has 0 aliphatic carbocycles. The molecule has 1 unspecified atom stereocenters. The van der Waals surface area contributed by atoms with Crippen molar-refractivity contribution in [2.75, 3.05) is 18.6 Å². The van der Waals surface area contributed by atoms with E-state index in [2.05, 4.69) is 15.0 Å². The number of esters is 1. The molecule has 92 valence electrons. The summed E-state index contributed by atoms with van der Waals surface area (Å²) < 4.78 is 4.62. The van der Waals surface area contributed by atoms with E-state index < -0.39 is 0 Å². The Labute approximate surface area is 105 Å². The average molecular weight is 252 g/mol. The molecule has 1 aliphatic heterocycles. The summed E-state index contributed by atoms with van der Waals surface area (Å²) in [5.41, 5.74) is 1.45. The second kappa shape index (κ2) is 6.02. The lowest BCUT2D eigenvalue weighted by molar-refractivity contribution is 0.0600. The van der Waals surface area contributed by atoms with Crippen LogP contribution in [0.2, 0.25) is 0 Å². The molecular weight excluding hydrogens is 236 g/mol. The molecule has 1 fully saturated rings. The maximum absolute atomic E-state index is 11.2. The van der Waals surface area contributed by atoms with Crippen molar-refractivity contribution in [3.05, 3.63) is 29.6 Å². The molecule has 1 N–H and O–H groups in total. The molecule has 0 bridgehead atoms. The third kappa shape index (κ3) is 3.44. The van der Waals surface area contributed by atoms with Crippen molar-refractivity contribution in [1.29, 1.82) is 0 Å². The van der Waals surface area contributed by atoms with E-state index in [9.17, 15) is 4.79 Å². The molecule has 17 heavy (non-hydrogen) atoms. The van der Waals surface area contributed by atoms with Gasteiger partial charge in [-0.2, -0.15) is 11.8 Å². The lowest BCUT2D eigenvalue weighted by Gasteiger charge is -2.10. The van der Waals surface area contributed by atoms with E-state index in [1.165, 1.54) is 25.0 Å². The predicted octanol–water partition coefficient (Wildman–Crippen LogP) is 1.46. The van der Waals surface area contributed by atoms with Crippen LogP contribution in [0.4, 0.5) is 0 Å². The number of hydrogen-bond donors (Lipinski definition) is 1. The van der Waals surface area contributed by atoms with E-state index >= 15 is 0 Å². The molecule has 2 rings (SSSR count). The van der Waals surface area contributed by atoms with Crippen LogP contribution in [0.3, 0.4) is 0 Å². The van der Waals surface area contributed by atoms with Gasteiger partial charge in [-0.25, -0.2) is 4.79 Å². The Morgan fingerprint density at radius 1 is 1.65 bits per heavy atom. The van der Waals surface area contributed by atoms with Crippen LogP contribution in [-0.2, 0) is 11.3 Å². The number of carbonyl (C=O) groups excluding carboxylic acids is 1. The molecule has 0 spiro atoms. The summed E-state index contributed by atoms with van der Waals surface area (Å²) in [6, 6.07) is 4.21. The second-order valence-electron chi connectivity index (χ2n) is 3.97. The Kier molecular flexibility index (Phi) is 4.39. The molecule has 1 aromatic rings. The number of nitrogens with one attached hydrogen (secondary N) is 1.